The summed E-state index contributed by atoms with van der Waals surface area (Å²) in [6, 6.07) is 25.6. The average Bonchev–Trinajstić information content (AvgIpc) is 4.44. The van der Waals surface area contributed by atoms with Crippen LogP contribution < -0.4 is 16.1 Å². The van der Waals surface area contributed by atoms with E-state index in [1.165, 1.54) is 49.9 Å². The van der Waals surface area contributed by atoms with Gasteiger partial charge in [-0.05, 0) is 205 Å². The van der Waals surface area contributed by atoms with E-state index in [1.807, 2.05) is 73.9 Å². The maximum Gasteiger partial charge on any atom is 0.494 e. The molecule has 2 amide bonds. The predicted molar refractivity (Wildman–Crippen MR) is 309 cm³/mol. The van der Waals surface area contributed by atoms with Gasteiger partial charge in [0, 0.05) is 65.7 Å². The van der Waals surface area contributed by atoms with Crippen molar-refractivity contribution in [1.82, 2.24) is 29.6 Å². The number of hydrogen-bond acceptors (Lipinski definition) is 10. The Morgan fingerprint density at radius 3 is 1.41 bits per heavy atom. The first-order chi connectivity index (χ1) is 38.1. The zero-order valence-electron chi connectivity index (χ0n) is 45.7. The largest absolute Gasteiger partial charge is 0.494 e. The second-order valence-corrected chi connectivity index (χ2v) is 24.1. The molecule has 0 spiro atoms. The first-order valence-corrected chi connectivity index (χ1v) is 28.9. The number of amides is 2. The first kappa shape index (κ1) is 57.7. The van der Waals surface area contributed by atoms with E-state index in [1.54, 1.807) is 12.1 Å². The Bertz CT molecular complexity index is 3170. The van der Waals surface area contributed by atoms with Crippen LogP contribution in [0.5, 0.6) is 0 Å². The molecule has 5 saturated heterocycles. The summed E-state index contributed by atoms with van der Waals surface area (Å²) in [6.07, 6.45) is 0.0599. The quantitative estimate of drug-likeness (QED) is 0.0658. The van der Waals surface area contributed by atoms with Gasteiger partial charge in [0.2, 0.25) is 0 Å². The minimum Gasteiger partial charge on any atom is -0.399 e. The molecular formula is C60H68BF6IN8O4. The molecule has 2 atom stereocenters. The Hall–Kier alpha value is -5.55. The second kappa shape index (κ2) is 23.7. The SMILES string of the molecule is CC1(C)OB(c2ccc3nc(NCc4ccc(C(F)(F)F)cc4)cc(C(=O)N4CCC[C@H]4CN4CCCC4)c3c2)OC1(C)C.O=C(c1cc(NCc2ccc(C(F)(F)F)cc2)nc2ccc(I)cc12)N1CCC[C@H]1CN1CCCC1. The normalized spacial score (nSPS) is 20.5. The molecule has 5 aliphatic rings. The number of fused-ring (bicyclic) bond motifs is 2. The zero-order valence-corrected chi connectivity index (χ0v) is 47.8. The van der Waals surface area contributed by atoms with Gasteiger partial charge in [0.25, 0.3) is 11.8 Å². The van der Waals surface area contributed by atoms with Gasteiger partial charge < -0.3 is 39.5 Å². The second-order valence-electron chi connectivity index (χ2n) is 22.8. The van der Waals surface area contributed by atoms with Crippen molar-refractivity contribution in [2.75, 3.05) is 63.0 Å². The number of hydrogen-bond donors (Lipinski definition) is 2. The van der Waals surface area contributed by atoms with Gasteiger partial charge in [0.05, 0.1) is 44.5 Å². The van der Waals surface area contributed by atoms with E-state index in [4.69, 9.17) is 14.3 Å². The molecule has 4 aromatic carbocycles. The number of pyridine rings is 2. The highest BCUT2D eigenvalue weighted by Gasteiger charge is 2.52. The third kappa shape index (κ3) is 13.2. The predicted octanol–water partition coefficient (Wildman–Crippen LogP) is 12.0. The van der Waals surface area contributed by atoms with Crippen LogP contribution in [0.4, 0.5) is 38.0 Å². The fourth-order valence-corrected chi connectivity index (χ4v) is 12.0. The van der Waals surface area contributed by atoms with Crippen LogP contribution in [0, 0.1) is 3.57 Å². The molecular weight excluding hydrogens is 1150 g/mol. The standard InChI is InChI=1S/C33H40BF3N4O3.C27H28F3IN4O/c1-31(2)32(3,4)44-34(43-31)24-13-14-28-26(18-24)27(30(42)41-17-7-8-25(41)21-40-15-5-6-16-40)19-29(39-28)38-20-22-9-11-23(12-10-22)33(35,36)37;28-27(29,30)19-7-5-18(6-8-19)16-32-25-15-23(22-14-20(31)9-10-24(22)33-25)26(36)35-13-3-4-21(35)17-34-11-1-2-12-34/h9-14,18-19,25H,5-8,15-17,20-21H2,1-4H3,(H,38,39);5-10,14-15,21H,1-4,11-13,16-17H2,(H,32,33)/t25-;21-/m00/s1. The summed E-state index contributed by atoms with van der Waals surface area (Å²) < 4.78 is 91.3. The number of carbonyl (C=O) groups is 2. The highest BCUT2D eigenvalue weighted by atomic mass is 127. The van der Waals surface area contributed by atoms with Gasteiger partial charge in [-0.3, -0.25) is 9.59 Å². The van der Waals surface area contributed by atoms with E-state index in [2.05, 4.69) is 48.0 Å². The Morgan fingerprint density at radius 1 is 0.575 bits per heavy atom. The topological polar surface area (TPSA) is 115 Å². The van der Waals surface area contributed by atoms with E-state index in [0.29, 0.717) is 63.4 Å². The van der Waals surface area contributed by atoms with E-state index < -0.39 is 41.8 Å². The van der Waals surface area contributed by atoms with Crippen molar-refractivity contribution in [1.29, 1.82) is 0 Å². The van der Waals surface area contributed by atoms with Crippen LogP contribution in [0.2, 0.25) is 0 Å². The summed E-state index contributed by atoms with van der Waals surface area (Å²) in [6.45, 7) is 16.2. The van der Waals surface area contributed by atoms with Crippen LogP contribution in [0.15, 0.2) is 97.1 Å². The van der Waals surface area contributed by atoms with Gasteiger partial charge >= 0.3 is 19.5 Å². The summed E-state index contributed by atoms with van der Waals surface area (Å²) in [5.41, 5.74) is 2.32. The molecule has 0 unspecified atom stereocenters. The number of nitrogens with one attached hydrogen (secondary N) is 2. The minimum atomic E-state index is -4.39. The van der Waals surface area contributed by atoms with Gasteiger partial charge in [-0.25, -0.2) is 9.97 Å². The number of halogens is 7. The molecule has 5 aliphatic heterocycles. The molecule has 5 fully saturated rings. The fourth-order valence-electron chi connectivity index (χ4n) is 11.5. The highest BCUT2D eigenvalue weighted by Crippen LogP contribution is 2.38. The minimum absolute atomic E-state index is 0.0173. The van der Waals surface area contributed by atoms with Gasteiger partial charge in [-0.15, -0.1) is 0 Å². The first-order valence-electron chi connectivity index (χ1n) is 27.9. The molecule has 0 aliphatic carbocycles. The molecule has 12 nitrogen and oxygen atoms in total. The monoisotopic (exact) mass is 1220 g/mol. The highest BCUT2D eigenvalue weighted by molar-refractivity contribution is 14.1. The lowest BCUT2D eigenvalue weighted by atomic mass is 9.78. The molecule has 2 aromatic heterocycles. The van der Waals surface area contributed by atoms with Crippen molar-refractivity contribution in [2.24, 2.45) is 0 Å². The van der Waals surface area contributed by atoms with Gasteiger partial charge in [0.15, 0.2) is 0 Å². The lowest BCUT2D eigenvalue weighted by Crippen LogP contribution is -2.42. The van der Waals surface area contributed by atoms with Crippen LogP contribution in [-0.4, -0.2) is 124 Å². The fraction of sp³-hybridized carbons (Fsp3) is 0.467. The molecule has 2 N–H and O–H groups in total. The Morgan fingerprint density at radius 2 is 0.988 bits per heavy atom. The summed E-state index contributed by atoms with van der Waals surface area (Å²) in [5, 5.41) is 7.98. The molecule has 0 saturated carbocycles. The van der Waals surface area contributed by atoms with Gasteiger partial charge in [-0.1, -0.05) is 36.4 Å². The molecule has 6 aromatic rings. The number of carbonyl (C=O) groups excluding carboxylic acids is 2. The number of rotatable bonds is 13. The maximum absolute atomic E-state index is 14.3. The lowest BCUT2D eigenvalue weighted by Gasteiger charge is -2.32. The summed E-state index contributed by atoms with van der Waals surface area (Å²) in [7, 11) is -0.584. The number of likely N-dealkylation sites (tertiary alicyclic amines) is 4. The molecule has 80 heavy (non-hydrogen) atoms. The summed E-state index contributed by atoms with van der Waals surface area (Å²) in [5.74, 6) is 0.994. The molecule has 7 heterocycles. The molecule has 0 bridgehead atoms. The third-order valence-corrected chi connectivity index (χ3v) is 17.4. The molecule has 11 rings (SSSR count). The van der Waals surface area contributed by atoms with Crippen LogP contribution in [0.25, 0.3) is 21.8 Å². The number of anilines is 2. The van der Waals surface area contributed by atoms with E-state index >= 15 is 0 Å². The Labute approximate surface area is 477 Å². The van der Waals surface area contributed by atoms with Gasteiger partial charge in [0.1, 0.15) is 11.6 Å². The summed E-state index contributed by atoms with van der Waals surface area (Å²) in [4.78, 5) is 46.6. The number of benzene rings is 4. The van der Waals surface area contributed by atoms with Crippen molar-refractivity contribution >= 4 is 80.4 Å². The van der Waals surface area contributed by atoms with Crippen molar-refractivity contribution < 1.29 is 45.2 Å². The van der Waals surface area contributed by atoms with Crippen LogP contribution in [-0.2, 0) is 34.8 Å². The van der Waals surface area contributed by atoms with Crippen molar-refractivity contribution in [3.8, 4) is 0 Å². The lowest BCUT2D eigenvalue weighted by molar-refractivity contribution is -0.138. The number of nitrogens with zero attached hydrogens (tertiary/aromatic N) is 6. The smallest absolute Gasteiger partial charge is 0.399 e. The number of aromatic nitrogens is 2. The molecule has 20 heteroatoms. The van der Waals surface area contributed by atoms with E-state index in [-0.39, 0.29) is 30.4 Å². The van der Waals surface area contributed by atoms with Gasteiger partial charge in [-0.2, -0.15) is 26.3 Å². The van der Waals surface area contributed by atoms with Crippen molar-refractivity contribution in [3.63, 3.8) is 0 Å². The summed E-state index contributed by atoms with van der Waals surface area (Å²) >= 11 is 2.24. The van der Waals surface area contributed by atoms with E-state index in [9.17, 15) is 35.9 Å². The molecule has 424 valence electrons. The van der Waals surface area contributed by atoms with E-state index in [0.717, 1.165) is 110 Å². The maximum atomic E-state index is 14.3. The van der Waals surface area contributed by atoms with Crippen molar-refractivity contribution in [2.45, 2.75) is 128 Å². The van der Waals surface area contributed by atoms with Crippen LogP contribution >= 0.6 is 22.6 Å². The average molecular weight is 1220 g/mol. The number of alkyl halides is 6. The van der Waals surface area contributed by atoms with Crippen molar-refractivity contribution in [3.05, 3.63) is 134 Å². The molecule has 0 radical (unpaired) electrons. The Balaban J connectivity index is 0.000000184. The zero-order chi connectivity index (χ0) is 56.6. The van der Waals surface area contributed by atoms with Crippen LogP contribution in [0.3, 0.4) is 0 Å². The van der Waals surface area contributed by atoms with Crippen LogP contribution in [0.1, 0.15) is 122 Å². The Kier molecular flexibility index (Phi) is 17.1. The third-order valence-electron chi connectivity index (χ3n) is 16.7.